The van der Waals surface area contributed by atoms with Crippen LogP contribution in [0, 0.1) is 5.92 Å². The van der Waals surface area contributed by atoms with Gasteiger partial charge in [-0.15, -0.1) is 0 Å². The van der Waals surface area contributed by atoms with Crippen molar-refractivity contribution in [2.24, 2.45) is 5.92 Å². The molecule has 1 aromatic heterocycles. The Kier molecular flexibility index (Phi) is 2.25. The maximum atomic E-state index is 9.76. The average Bonchev–Trinajstić information content (AvgIpc) is 2.72. The molecule has 1 aromatic carbocycles. The summed E-state index contributed by atoms with van der Waals surface area (Å²) in [6, 6.07) is 7.08. The van der Waals surface area contributed by atoms with Gasteiger partial charge in [-0.2, -0.15) is 0 Å². The molecule has 0 radical (unpaired) electrons. The second-order valence-electron chi connectivity index (χ2n) is 4.39. The van der Waals surface area contributed by atoms with E-state index in [4.69, 9.17) is 4.42 Å². The molecule has 1 unspecified atom stereocenters. The van der Waals surface area contributed by atoms with Crippen molar-refractivity contribution in [3.05, 3.63) is 41.8 Å². The van der Waals surface area contributed by atoms with Crippen LogP contribution in [0.4, 0.5) is 0 Å². The van der Waals surface area contributed by atoms with Crippen molar-refractivity contribution in [1.29, 1.82) is 0 Å². The first kappa shape index (κ1) is 10.1. The van der Waals surface area contributed by atoms with Crippen LogP contribution in [0.1, 0.15) is 18.4 Å². The highest BCUT2D eigenvalue weighted by atomic mass is 16.4. The van der Waals surface area contributed by atoms with Crippen molar-refractivity contribution in [3.63, 3.8) is 0 Å². The van der Waals surface area contributed by atoms with Gasteiger partial charge in [0.1, 0.15) is 17.2 Å². The van der Waals surface area contributed by atoms with Gasteiger partial charge < -0.3 is 9.52 Å². The number of hydrogen-bond acceptors (Lipinski definition) is 3. The van der Waals surface area contributed by atoms with Gasteiger partial charge in [0.2, 0.25) is 5.89 Å². The molecule has 1 aliphatic rings. The minimum atomic E-state index is 0.197. The molecule has 0 fully saturated rings. The van der Waals surface area contributed by atoms with Gasteiger partial charge in [-0.1, -0.05) is 25.1 Å². The van der Waals surface area contributed by atoms with Crippen molar-refractivity contribution in [1.82, 2.24) is 4.98 Å². The standard InChI is InChI=1S/C14H13NO2/c1-9-6-7-11-13(8-9)17-14(15-11)10-4-2-3-5-12(10)16/h2-7,9,16H,8H2,1H3. The fourth-order valence-corrected chi connectivity index (χ4v) is 2.03. The third-order valence-corrected chi connectivity index (χ3v) is 2.95. The zero-order valence-electron chi connectivity index (χ0n) is 9.55. The Labute approximate surface area is 99.4 Å². The fourth-order valence-electron chi connectivity index (χ4n) is 2.03. The Morgan fingerprint density at radius 2 is 2.18 bits per heavy atom. The Bertz CT molecular complexity index is 584. The molecule has 0 spiro atoms. The lowest BCUT2D eigenvalue weighted by molar-refractivity contribution is 0.465. The van der Waals surface area contributed by atoms with Crippen LogP contribution in [0.2, 0.25) is 0 Å². The molecule has 3 nitrogen and oxygen atoms in total. The van der Waals surface area contributed by atoms with E-state index < -0.39 is 0 Å². The zero-order valence-corrected chi connectivity index (χ0v) is 9.55. The molecule has 0 amide bonds. The largest absolute Gasteiger partial charge is 0.507 e. The van der Waals surface area contributed by atoms with Crippen molar-refractivity contribution in [2.75, 3.05) is 0 Å². The first-order chi connectivity index (χ1) is 8.24. The van der Waals surface area contributed by atoms with E-state index in [2.05, 4.69) is 18.0 Å². The molecular formula is C14H13NO2. The third-order valence-electron chi connectivity index (χ3n) is 2.95. The van der Waals surface area contributed by atoms with E-state index in [1.807, 2.05) is 12.1 Å². The zero-order chi connectivity index (χ0) is 11.8. The molecular weight excluding hydrogens is 214 g/mol. The number of oxazole rings is 1. The SMILES string of the molecule is CC1C=Cc2nc(-c3ccccc3O)oc2C1. The molecule has 2 aromatic rings. The highest BCUT2D eigenvalue weighted by Gasteiger charge is 2.19. The molecule has 86 valence electrons. The molecule has 0 aliphatic heterocycles. The van der Waals surface area contributed by atoms with E-state index in [-0.39, 0.29) is 5.75 Å². The Hall–Kier alpha value is -2.03. The lowest BCUT2D eigenvalue weighted by Crippen LogP contribution is -2.00. The number of phenols is 1. The van der Waals surface area contributed by atoms with Gasteiger partial charge in [0, 0.05) is 6.42 Å². The summed E-state index contributed by atoms with van der Waals surface area (Å²) < 4.78 is 5.72. The number of aromatic hydroxyl groups is 1. The smallest absolute Gasteiger partial charge is 0.230 e. The van der Waals surface area contributed by atoms with E-state index >= 15 is 0 Å². The summed E-state index contributed by atoms with van der Waals surface area (Å²) in [4.78, 5) is 4.40. The predicted octanol–water partition coefficient (Wildman–Crippen LogP) is 3.25. The number of fused-ring (bicyclic) bond motifs is 1. The monoisotopic (exact) mass is 227 g/mol. The van der Waals surface area contributed by atoms with Gasteiger partial charge in [0.05, 0.1) is 5.56 Å². The van der Waals surface area contributed by atoms with Crippen LogP contribution >= 0.6 is 0 Å². The third kappa shape index (κ3) is 1.73. The normalized spacial score (nSPS) is 18.1. The maximum absolute atomic E-state index is 9.76. The highest BCUT2D eigenvalue weighted by molar-refractivity contribution is 5.64. The summed E-state index contributed by atoms with van der Waals surface area (Å²) in [6.07, 6.45) is 4.97. The lowest BCUT2D eigenvalue weighted by atomic mass is 9.99. The number of aromatic nitrogens is 1. The minimum absolute atomic E-state index is 0.197. The molecule has 1 aliphatic carbocycles. The molecule has 0 saturated carbocycles. The first-order valence-electron chi connectivity index (χ1n) is 5.70. The molecule has 1 heterocycles. The van der Waals surface area contributed by atoms with Crippen LogP contribution in [0.5, 0.6) is 5.75 Å². The van der Waals surface area contributed by atoms with Crippen molar-refractivity contribution < 1.29 is 9.52 Å². The number of hydrogen-bond donors (Lipinski definition) is 1. The Morgan fingerprint density at radius 3 is 3.00 bits per heavy atom. The van der Waals surface area contributed by atoms with Crippen LogP contribution in [-0.2, 0) is 6.42 Å². The molecule has 1 atom stereocenters. The topological polar surface area (TPSA) is 46.3 Å². The number of allylic oxidation sites excluding steroid dienone is 1. The molecule has 3 heteroatoms. The summed E-state index contributed by atoms with van der Waals surface area (Å²) in [6.45, 7) is 2.14. The van der Waals surface area contributed by atoms with Crippen molar-refractivity contribution >= 4 is 6.08 Å². The van der Waals surface area contributed by atoms with Crippen LogP contribution in [0.25, 0.3) is 17.5 Å². The second kappa shape index (κ2) is 3.77. The highest BCUT2D eigenvalue weighted by Crippen LogP contribution is 2.32. The number of benzene rings is 1. The first-order valence-corrected chi connectivity index (χ1v) is 5.70. The molecule has 3 rings (SSSR count). The quantitative estimate of drug-likeness (QED) is 0.813. The predicted molar refractivity (Wildman–Crippen MR) is 65.5 cm³/mol. The molecule has 0 bridgehead atoms. The summed E-state index contributed by atoms with van der Waals surface area (Å²) >= 11 is 0. The van der Waals surface area contributed by atoms with Crippen molar-refractivity contribution in [3.8, 4) is 17.2 Å². The molecule has 17 heavy (non-hydrogen) atoms. The van der Waals surface area contributed by atoms with Crippen molar-refractivity contribution in [2.45, 2.75) is 13.3 Å². The van der Waals surface area contributed by atoms with E-state index in [9.17, 15) is 5.11 Å². The lowest BCUT2D eigenvalue weighted by Gasteiger charge is -2.07. The van der Waals surface area contributed by atoms with Gasteiger partial charge in [-0.3, -0.25) is 0 Å². The van der Waals surface area contributed by atoms with E-state index in [1.54, 1.807) is 18.2 Å². The van der Waals surface area contributed by atoms with Crippen LogP contribution in [0.15, 0.2) is 34.8 Å². The van der Waals surface area contributed by atoms with Gasteiger partial charge in [0.25, 0.3) is 0 Å². The van der Waals surface area contributed by atoms with E-state index in [1.165, 1.54) is 0 Å². The fraction of sp³-hybridized carbons (Fsp3) is 0.214. The number of rotatable bonds is 1. The van der Waals surface area contributed by atoms with Crippen LogP contribution in [-0.4, -0.2) is 10.1 Å². The van der Waals surface area contributed by atoms with Gasteiger partial charge in [-0.05, 0) is 24.1 Å². The second-order valence-corrected chi connectivity index (χ2v) is 4.39. The molecule has 0 saturated heterocycles. The summed E-state index contributed by atoms with van der Waals surface area (Å²) in [7, 11) is 0. The summed E-state index contributed by atoms with van der Waals surface area (Å²) in [5, 5.41) is 9.76. The summed E-state index contributed by atoms with van der Waals surface area (Å²) in [5.41, 5.74) is 1.52. The number of phenolic OH excluding ortho intramolecular Hbond substituents is 1. The summed E-state index contributed by atoms with van der Waals surface area (Å²) in [5.74, 6) is 2.07. The number of nitrogens with zero attached hydrogens (tertiary/aromatic N) is 1. The minimum Gasteiger partial charge on any atom is -0.507 e. The van der Waals surface area contributed by atoms with E-state index in [0.29, 0.717) is 17.4 Å². The Balaban J connectivity index is 2.07. The van der Waals surface area contributed by atoms with Crippen LogP contribution in [0.3, 0.4) is 0 Å². The van der Waals surface area contributed by atoms with Crippen LogP contribution < -0.4 is 0 Å². The number of para-hydroxylation sites is 1. The molecule has 1 N–H and O–H groups in total. The van der Waals surface area contributed by atoms with Gasteiger partial charge in [0.15, 0.2) is 0 Å². The maximum Gasteiger partial charge on any atom is 0.230 e. The average molecular weight is 227 g/mol. The van der Waals surface area contributed by atoms with Gasteiger partial charge in [-0.25, -0.2) is 4.98 Å². The van der Waals surface area contributed by atoms with Gasteiger partial charge >= 0.3 is 0 Å². The Morgan fingerprint density at radius 1 is 1.35 bits per heavy atom. The van der Waals surface area contributed by atoms with E-state index in [0.717, 1.165) is 17.9 Å².